The van der Waals surface area contributed by atoms with Gasteiger partial charge in [0.05, 0.1) is 0 Å². The zero-order chi connectivity index (χ0) is 10.7. The Balaban J connectivity index is 1.83. The van der Waals surface area contributed by atoms with Crippen molar-refractivity contribution < 1.29 is 19.0 Å². The Bertz CT molecular complexity index is 344. The summed E-state index contributed by atoms with van der Waals surface area (Å²) < 4.78 is 14.8. The van der Waals surface area contributed by atoms with Crippen molar-refractivity contribution in [3.05, 3.63) is 36.8 Å². The van der Waals surface area contributed by atoms with Crippen molar-refractivity contribution in [2.75, 3.05) is 13.2 Å². The van der Waals surface area contributed by atoms with Gasteiger partial charge in [-0.05, 0) is 24.6 Å². The predicted molar refractivity (Wildman–Crippen MR) is 51.6 cm³/mol. The van der Waals surface area contributed by atoms with Crippen molar-refractivity contribution in [1.29, 1.82) is 0 Å². The van der Waals surface area contributed by atoms with Crippen LogP contribution in [0.1, 0.15) is 5.56 Å². The van der Waals surface area contributed by atoms with Crippen LogP contribution in [-0.2, 0) is 9.47 Å². The number of benzene rings is 1. The Hall–Kier alpha value is -1.71. The smallest absolute Gasteiger partial charge is 0.490 e. The lowest BCUT2D eigenvalue weighted by molar-refractivity contribution is 0.0983. The highest BCUT2D eigenvalue weighted by atomic mass is 16.8. The van der Waals surface area contributed by atoms with Gasteiger partial charge in [-0.2, -0.15) is 0 Å². The predicted octanol–water partition coefficient (Wildman–Crippen LogP) is 1.66. The molecule has 1 fully saturated rings. The van der Waals surface area contributed by atoms with E-state index in [9.17, 15) is 4.79 Å². The molecule has 0 aromatic heterocycles. The minimum atomic E-state index is -0.638. The van der Waals surface area contributed by atoms with Gasteiger partial charge in [-0.25, -0.2) is 4.79 Å². The fourth-order valence-electron chi connectivity index (χ4n) is 1.20. The molecule has 1 aromatic rings. The Kier molecular flexibility index (Phi) is 2.76. The molecule has 0 N–H and O–H groups in total. The maximum absolute atomic E-state index is 10.6. The molecule has 0 spiro atoms. The standard InChI is InChI=1S/C11H10O4/c1-8-2-4-9(5-3-8)13-6-10-7-14-11(12)15-10/h1-5,10H,6-7H2. The van der Waals surface area contributed by atoms with Crippen LogP contribution in [-0.4, -0.2) is 25.5 Å². The zero-order valence-corrected chi connectivity index (χ0v) is 8.01. The molecule has 2 radical (unpaired) electrons. The SMILES string of the molecule is [CH]c1ccc(OCC2COC(=O)O2)cc1. The van der Waals surface area contributed by atoms with Crippen LogP contribution >= 0.6 is 0 Å². The molecule has 1 heterocycles. The minimum Gasteiger partial charge on any atom is -0.490 e. The molecule has 1 unspecified atom stereocenters. The third kappa shape index (κ3) is 2.62. The van der Waals surface area contributed by atoms with E-state index in [2.05, 4.69) is 4.74 Å². The van der Waals surface area contributed by atoms with Gasteiger partial charge < -0.3 is 14.2 Å². The highest BCUT2D eigenvalue weighted by molar-refractivity contribution is 5.61. The lowest BCUT2D eigenvalue weighted by Gasteiger charge is -2.08. The van der Waals surface area contributed by atoms with Gasteiger partial charge in [0.25, 0.3) is 0 Å². The van der Waals surface area contributed by atoms with Gasteiger partial charge in [0.1, 0.15) is 19.0 Å². The van der Waals surface area contributed by atoms with Gasteiger partial charge in [-0.1, -0.05) is 12.1 Å². The minimum absolute atomic E-state index is 0.244. The largest absolute Gasteiger partial charge is 0.508 e. The second kappa shape index (κ2) is 4.21. The third-order valence-electron chi connectivity index (χ3n) is 1.97. The van der Waals surface area contributed by atoms with Gasteiger partial charge >= 0.3 is 6.16 Å². The molecule has 4 nitrogen and oxygen atoms in total. The van der Waals surface area contributed by atoms with Crippen molar-refractivity contribution in [1.82, 2.24) is 0 Å². The molecule has 15 heavy (non-hydrogen) atoms. The molecule has 0 bridgehead atoms. The summed E-state index contributed by atoms with van der Waals surface area (Å²) >= 11 is 0. The lowest BCUT2D eigenvalue weighted by Crippen LogP contribution is -2.19. The summed E-state index contributed by atoms with van der Waals surface area (Å²) in [5, 5.41) is 0. The van der Waals surface area contributed by atoms with E-state index >= 15 is 0 Å². The molecule has 0 amide bonds. The fraction of sp³-hybridized carbons (Fsp3) is 0.273. The van der Waals surface area contributed by atoms with Crippen LogP contribution < -0.4 is 4.74 Å². The first-order valence-electron chi connectivity index (χ1n) is 4.56. The summed E-state index contributed by atoms with van der Waals surface area (Å²) in [4.78, 5) is 10.6. The quantitative estimate of drug-likeness (QED) is 0.705. The topological polar surface area (TPSA) is 44.8 Å². The second-order valence-electron chi connectivity index (χ2n) is 3.18. The highest BCUT2D eigenvalue weighted by Gasteiger charge is 2.25. The molecule has 1 aliphatic rings. The average molecular weight is 206 g/mol. The third-order valence-corrected chi connectivity index (χ3v) is 1.97. The van der Waals surface area contributed by atoms with Gasteiger partial charge in [0.15, 0.2) is 6.10 Å². The van der Waals surface area contributed by atoms with Crippen molar-refractivity contribution in [3.8, 4) is 5.75 Å². The van der Waals surface area contributed by atoms with Gasteiger partial charge in [0, 0.05) is 0 Å². The number of carbonyl (C=O) groups excluding carboxylic acids is 1. The first-order valence-corrected chi connectivity index (χ1v) is 4.56. The molecule has 0 aliphatic carbocycles. The molecular formula is C11H10O4. The zero-order valence-electron chi connectivity index (χ0n) is 8.01. The van der Waals surface area contributed by atoms with E-state index in [0.29, 0.717) is 11.3 Å². The van der Waals surface area contributed by atoms with E-state index in [4.69, 9.17) is 16.4 Å². The molecule has 0 saturated carbocycles. The lowest BCUT2D eigenvalue weighted by atomic mass is 10.2. The van der Waals surface area contributed by atoms with Crippen molar-refractivity contribution in [2.24, 2.45) is 0 Å². The number of hydrogen-bond donors (Lipinski definition) is 0. The van der Waals surface area contributed by atoms with Gasteiger partial charge in [-0.15, -0.1) is 0 Å². The van der Waals surface area contributed by atoms with Crippen molar-refractivity contribution >= 4 is 6.16 Å². The molecule has 1 aromatic carbocycles. The monoisotopic (exact) mass is 206 g/mol. The second-order valence-corrected chi connectivity index (χ2v) is 3.18. The van der Waals surface area contributed by atoms with Crippen LogP contribution in [0, 0.1) is 6.92 Å². The van der Waals surface area contributed by atoms with E-state index < -0.39 is 6.16 Å². The number of carbonyl (C=O) groups is 1. The van der Waals surface area contributed by atoms with Gasteiger partial charge in [-0.3, -0.25) is 0 Å². The summed E-state index contributed by atoms with van der Waals surface area (Å²) in [6.07, 6.45) is -0.962. The molecule has 1 saturated heterocycles. The summed E-state index contributed by atoms with van der Waals surface area (Å²) in [7, 11) is 0. The maximum atomic E-state index is 10.6. The fourth-order valence-corrected chi connectivity index (χ4v) is 1.20. The normalized spacial score (nSPS) is 19.5. The number of hydrogen-bond acceptors (Lipinski definition) is 4. The summed E-state index contributed by atoms with van der Waals surface area (Å²) in [5.41, 5.74) is 0.679. The van der Waals surface area contributed by atoms with Gasteiger partial charge in [0.2, 0.25) is 0 Å². The highest BCUT2D eigenvalue weighted by Crippen LogP contribution is 2.13. The Morgan fingerprint density at radius 3 is 2.73 bits per heavy atom. The van der Waals surface area contributed by atoms with Crippen LogP contribution in [0.15, 0.2) is 24.3 Å². The maximum Gasteiger partial charge on any atom is 0.508 e. The summed E-state index contributed by atoms with van der Waals surface area (Å²) in [6.45, 7) is 6.05. The van der Waals surface area contributed by atoms with Crippen molar-refractivity contribution in [3.63, 3.8) is 0 Å². The summed E-state index contributed by atoms with van der Waals surface area (Å²) in [5.74, 6) is 0.687. The number of rotatable bonds is 3. The first kappa shape index (κ1) is 9.83. The Labute approximate surface area is 87.8 Å². The molecule has 78 valence electrons. The van der Waals surface area contributed by atoms with Crippen LogP contribution in [0.5, 0.6) is 5.75 Å². The van der Waals surface area contributed by atoms with E-state index in [1.807, 2.05) is 0 Å². The molecule has 2 rings (SSSR count). The summed E-state index contributed by atoms with van der Waals surface area (Å²) in [6, 6.07) is 7.00. The van der Waals surface area contributed by atoms with Crippen LogP contribution in [0.4, 0.5) is 4.79 Å². The number of cyclic esters (lactones) is 2. The molecular weight excluding hydrogens is 196 g/mol. The van der Waals surface area contributed by atoms with Crippen molar-refractivity contribution in [2.45, 2.75) is 6.10 Å². The Morgan fingerprint density at radius 2 is 2.13 bits per heavy atom. The van der Waals surface area contributed by atoms with Crippen LogP contribution in [0.25, 0.3) is 0 Å². The van der Waals surface area contributed by atoms with E-state index in [0.717, 1.165) is 0 Å². The Morgan fingerprint density at radius 1 is 1.40 bits per heavy atom. The average Bonchev–Trinajstić information content (AvgIpc) is 2.64. The molecule has 1 atom stereocenters. The number of ether oxygens (including phenoxy) is 3. The van der Waals surface area contributed by atoms with E-state index in [1.54, 1.807) is 24.3 Å². The first-order chi connectivity index (χ1) is 7.24. The van der Waals surface area contributed by atoms with E-state index in [-0.39, 0.29) is 19.3 Å². The van der Waals surface area contributed by atoms with Crippen LogP contribution in [0.3, 0.4) is 0 Å². The molecule has 1 aliphatic heterocycles. The molecule has 4 heteroatoms. The van der Waals surface area contributed by atoms with Crippen LogP contribution in [0.2, 0.25) is 0 Å². The van der Waals surface area contributed by atoms with E-state index in [1.165, 1.54) is 0 Å².